The molecule has 1 heterocycles. The summed E-state index contributed by atoms with van der Waals surface area (Å²) in [5.41, 5.74) is 0.874. The Morgan fingerprint density at radius 3 is 2.72 bits per heavy atom. The highest BCUT2D eigenvalue weighted by molar-refractivity contribution is 9.10. The van der Waals surface area contributed by atoms with Gasteiger partial charge in [-0.05, 0) is 49.3 Å². The van der Waals surface area contributed by atoms with Crippen molar-refractivity contribution in [2.45, 2.75) is 24.8 Å². The van der Waals surface area contributed by atoms with Crippen LogP contribution in [0.1, 0.15) is 19.3 Å². The van der Waals surface area contributed by atoms with Crippen LogP contribution in [-0.2, 0) is 7.05 Å². The molecule has 1 saturated carbocycles. The third-order valence-electron chi connectivity index (χ3n) is 3.92. The van der Waals surface area contributed by atoms with E-state index in [9.17, 15) is 4.79 Å². The second-order valence-electron chi connectivity index (χ2n) is 5.13. The molecule has 0 radical (unpaired) electrons. The van der Waals surface area contributed by atoms with Crippen LogP contribution in [0.15, 0.2) is 15.5 Å². The summed E-state index contributed by atoms with van der Waals surface area (Å²) >= 11 is 3.33. The van der Waals surface area contributed by atoms with Crippen LogP contribution in [-0.4, -0.2) is 40.9 Å². The van der Waals surface area contributed by atoms with Crippen molar-refractivity contribution in [2.75, 3.05) is 26.0 Å². The van der Waals surface area contributed by atoms with Crippen molar-refractivity contribution in [1.29, 1.82) is 0 Å². The van der Waals surface area contributed by atoms with Crippen LogP contribution >= 0.6 is 15.9 Å². The highest BCUT2D eigenvalue weighted by Gasteiger charge is 2.38. The summed E-state index contributed by atoms with van der Waals surface area (Å²) in [5, 5.41) is 7.37. The first-order chi connectivity index (χ1) is 8.46. The van der Waals surface area contributed by atoms with E-state index in [0.29, 0.717) is 4.47 Å². The quantitative estimate of drug-likeness (QED) is 0.913. The molecule has 0 bridgehead atoms. The van der Waals surface area contributed by atoms with Crippen LogP contribution in [0.3, 0.4) is 0 Å². The highest BCUT2D eigenvalue weighted by atomic mass is 79.9. The molecule has 5 nitrogen and oxygen atoms in total. The van der Waals surface area contributed by atoms with E-state index in [4.69, 9.17) is 0 Å². The monoisotopic (exact) mass is 314 g/mol. The third kappa shape index (κ3) is 2.31. The van der Waals surface area contributed by atoms with E-state index in [2.05, 4.69) is 45.3 Å². The fourth-order valence-corrected chi connectivity index (χ4v) is 2.76. The van der Waals surface area contributed by atoms with Crippen LogP contribution in [0.25, 0.3) is 0 Å². The number of nitrogens with zero attached hydrogens (tertiary/aromatic N) is 3. The summed E-state index contributed by atoms with van der Waals surface area (Å²) < 4.78 is 1.87. The third-order valence-corrected chi connectivity index (χ3v) is 4.69. The molecule has 1 aromatic rings. The lowest BCUT2D eigenvalue weighted by molar-refractivity contribution is 0.0739. The van der Waals surface area contributed by atoms with Gasteiger partial charge in [-0.15, -0.1) is 0 Å². The summed E-state index contributed by atoms with van der Waals surface area (Å²) in [6.45, 7) is 0.841. The molecule has 0 aliphatic heterocycles. The number of rotatable bonds is 4. The number of aryl methyl sites for hydroxylation is 1. The summed E-state index contributed by atoms with van der Waals surface area (Å²) in [5.74, 6) is 0. The first kappa shape index (κ1) is 13.5. The molecule has 0 atom stereocenters. The molecule has 1 aliphatic rings. The zero-order valence-electron chi connectivity index (χ0n) is 11.0. The van der Waals surface area contributed by atoms with Crippen molar-refractivity contribution < 1.29 is 0 Å². The molecule has 0 spiro atoms. The number of aromatic nitrogens is 2. The van der Waals surface area contributed by atoms with Crippen LogP contribution in [0, 0.1) is 0 Å². The molecule has 6 heteroatoms. The summed E-state index contributed by atoms with van der Waals surface area (Å²) in [7, 11) is 5.86. The van der Waals surface area contributed by atoms with Crippen molar-refractivity contribution in [3.8, 4) is 0 Å². The Labute approximate surface area is 115 Å². The van der Waals surface area contributed by atoms with Gasteiger partial charge in [0.25, 0.3) is 5.56 Å². The lowest BCUT2D eigenvalue weighted by Gasteiger charge is -2.47. The fraction of sp³-hybridized carbons (Fsp3) is 0.667. The molecule has 100 valence electrons. The maximum absolute atomic E-state index is 11.7. The van der Waals surface area contributed by atoms with Crippen LogP contribution in [0.5, 0.6) is 0 Å². The average molecular weight is 315 g/mol. The van der Waals surface area contributed by atoms with E-state index in [1.165, 1.54) is 23.9 Å². The molecule has 18 heavy (non-hydrogen) atoms. The number of likely N-dealkylation sites (N-methyl/N-ethyl adjacent to an activating group) is 1. The molecular weight excluding hydrogens is 296 g/mol. The van der Waals surface area contributed by atoms with Gasteiger partial charge in [0.05, 0.1) is 11.9 Å². The first-order valence-corrected chi connectivity index (χ1v) is 6.89. The SMILES string of the molecule is CN(C)C1(CNc2cnn(C)c(=O)c2Br)CCC1. The van der Waals surface area contributed by atoms with Crippen molar-refractivity contribution in [1.82, 2.24) is 14.7 Å². The molecule has 1 N–H and O–H groups in total. The Morgan fingerprint density at radius 1 is 1.56 bits per heavy atom. The van der Waals surface area contributed by atoms with Gasteiger partial charge in [-0.3, -0.25) is 4.79 Å². The van der Waals surface area contributed by atoms with Gasteiger partial charge in [0.1, 0.15) is 4.47 Å². The summed E-state index contributed by atoms with van der Waals surface area (Å²) in [4.78, 5) is 14.0. The Morgan fingerprint density at radius 2 is 2.22 bits per heavy atom. The number of anilines is 1. The Balaban J connectivity index is 2.11. The molecule has 1 aliphatic carbocycles. The van der Waals surface area contributed by atoms with Gasteiger partial charge < -0.3 is 10.2 Å². The van der Waals surface area contributed by atoms with Gasteiger partial charge in [0, 0.05) is 19.1 Å². The van der Waals surface area contributed by atoms with Gasteiger partial charge >= 0.3 is 0 Å². The largest absolute Gasteiger partial charge is 0.381 e. The Bertz CT molecular complexity index is 493. The van der Waals surface area contributed by atoms with Crippen LogP contribution < -0.4 is 10.9 Å². The van der Waals surface area contributed by atoms with E-state index in [1.807, 2.05) is 0 Å². The van der Waals surface area contributed by atoms with Crippen LogP contribution in [0.2, 0.25) is 0 Å². The normalized spacial score (nSPS) is 17.6. The number of halogens is 1. The van der Waals surface area contributed by atoms with E-state index >= 15 is 0 Å². The van der Waals surface area contributed by atoms with E-state index in [1.54, 1.807) is 13.2 Å². The summed E-state index contributed by atoms with van der Waals surface area (Å²) in [6, 6.07) is 0. The second-order valence-corrected chi connectivity index (χ2v) is 5.92. The molecule has 0 aromatic carbocycles. The van der Waals surface area contributed by atoms with Gasteiger partial charge in [-0.1, -0.05) is 0 Å². The predicted octanol–water partition coefficient (Wildman–Crippen LogP) is 1.44. The minimum atomic E-state index is -0.118. The second kappa shape index (κ2) is 5.01. The molecule has 1 fully saturated rings. The lowest BCUT2D eigenvalue weighted by atomic mass is 9.75. The van der Waals surface area contributed by atoms with Crippen molar-refractivity contribution in [2.24, 2.45) is 7.05 Å². The van der Waals surface area contributed by atoms with Crippen LogP contribution in [0.4, 0.5) is 5.69 Å². The highest BCUT2D eigenvalue weighted by Crippen LogP contribution is 2.36. The van der Waals surface area contributed by atoms with E-state index < -0.39 is 0 Å². The predicted molar refractivity (Wildman–Crippen MR) is 75.9 cm³/mol. The molecular formula is C12H19BrN4O. The van der Waals surface area contributed by atoms with E-state index in [-0.39, 0.29) is 11.1 Å². The lowest BCUT2D eigenvalue weighted by Crippen LogP contribution is -2.54. The van der Waals surface area contributed by atoms with Gasteiger partial charge in [0.15, 0.2) is 0 Å². The minimum absolute atomic E-state index is 0.118. The zero-order valence-corrected chi connectivity index (χ0v) is 12.6. The molecule has 0 unspecified atom stereocenters. The smallest absolute Gasteiger partial charge is 0.282 e. The van der Waals surface area contributed by atoms with Gasteiger partial charge in [-0.25, -0.2) is 4.68 Å². The fourth-order valence-electron chi connectivity index (χ4n) is 2.26. The Kier molecular flexibility index (Phi) is 3.77. The molecule has 0 amide bonds. The molecule has 2 rings (SSSR count). The van der Waals surface area contributed by atoms with Crippen molar-refractivity contribution >= 4 is 21.6 Å². The zero-order chi connectivity index (χ0) is 13.3. The Hall–Kier alpha value is -0.880. The number of hydrogen-bond donors (Lipinski definition) is 1. The maximum Gasteiger partial charge on any atom is 0.282 e. The molecule has 1 aromatic heterocycles. The first-order valence-electron chi connectivity index (χ1n) is 6.09. The standard InChI is InChI=1S/C12H19BrN4O/c1-16(2)12(5-4-6-12)8-14-9-7-15-17(3)11(18)10(9)13/h7,14H,4-6,8H2,1-3H3. The topological polar surface area (TPSA) is 50.2 Å². The minimum Gasteiger partial charge on any atom is -0.381 e. The number of nitrogens with one attached hydrogen (secondary N) is 1. The molecule has 0 saturated heterocycles. The van der Waals surface area contributed by atoms with Gasteiger partial charge in [-0.2, -0.15) is 5.10 Å². The van der Waals surface area contributed by atoms with Gasteiger partial charge in [0.2, 0.25) is 0 Å². The number of hydrogen-bond acceptors (Lipinski definition) is 4. The van der Waals surface area contributed by atoms with E-state index in [0.717, 1.165) is 12.2 Å². The maximum atomic E-state index is 11.7. The summed E-state index contributed by atoms with van der Waals surface area (Å²) in [6.07, 6.45) is 5.36. The van der Waals surface area contributed by atoms with Crippen molar-refractivity contribution in [3.63, 3.8) is 0 Å². The average Bonchev–Trinajstić information content (AvgIpc) is 2.27. The van der Waals surface area contributed by atoms with Crippen molar-refractivity contribution in [3.05, 3.63) is 21.0 Å².